The summed E-state index contributed by atoms with van der Waals surface area (Å²) in [6, 6.07) is 0. The van der Waals surface area contributed by atoms with E-state index in [1.807, 2.05) is 0 Å². The molecule has 0 aromatic rings. The van der Waals surface area contributed by atoms with E-state index in [0.717, 1.165) is 77.7 Å². The first-order valence-electron chi connectivity index (χ1n) is 20.0. The van der Waals surface area contributed by atoms with Crippen molar-refractivity contribution in [2.24, 2.45) is 0 Å². The standard InChI is InChI=1S/C40H75O8P/c1-4-6-8-10-12-14-16-18-20-22-24-26-28-30-32-34-39(41)46-36-38(37-47-49(43,44)45-3)48-40(42)35-33-31-29-27-25-23-21-19-17-15-13-11-9-7-5-2/h18-21,38H,4-17,22-37H2,1-3H3,(H,43,44)/b20-18+,21-19+. The van der Waals surface area contributed by atoms with Crippen molar-refractivity contribution >= 4 is 19.8 Å². The first-order valence-corrected chi connectivity index (χ1v) is 21.5. The monoisotopic (exact) mass is 715 g/mol. The van der Waals surface area contributed by atoms with Gasteiger partial charge in [-0.15, -0.1) is 0 Å². The molecule has 0 radical (unpaired) electrons. The summed E-state index contributed by atoms with van der Waals surface area (Å²) in [6.45, 7) is 3.86. The average molecular weight is 715 g/mol. The van der Waals surface area contributed by atoms with E-state index in [1.54, 1.807) is 0 Å². The quantitative estimate of drug-likeness (QED) is 0.0293. The summed E-state index contributed by atoms with van der Waals surface area (Å²) in [5.41, 5.74) is 0. The zero-order chi connectivity index (χ0) is 36.1. The van der Waals surface area contributed by atoms with Crippen LogP contribution in [-0.2, 0) is 32.7 Å². The highest BCUT2D eigenvalue weighted by Crippen LogP contribution is 2.42. The van der Waals surface area contributed by atoms with Crippen LogP contribution in [0.5, 0.6) is 0 Å². The predicted molar refractivity (Wildman–Crippen MR) is 203 cm³/mol. The van der Waals surface area contributed by atoms with Crippen LogP contribution in [0.25, 0.3) is 0 Å². The van der Waals surface area contributed by atoms with Crippen LogP contribution in [0.2, 0.25) is 0 Å². The number of rotatable bonds is 37. The molecule has 0 aliphatic heterocycles. The fourth-order valence-corrected chi connectivity index (χ4v) is 5.99. The lowest BCUT2D eigenvalue weighted by Crippen LogP contribution is -2.29. The number of phosphoric ester groups is 1. The van der Waals surface area contributed by atoms with Gasteiger partial charge in [-0.25, -0.2) is 4.57 Å². The van der Waals surface area contributed by atoms with Gasteiger partial charge in [0.05, 0.1) is 6.61 Å². The van der Waals surface area contributed by atoms with Gasteiger partial charge in [0.15, 0.2) is 6.10 Å². The van der Waals surface area contributed by atoms with Crippen LogP contribution >= 0.6 is 7.82 Å². The van der Waals surface area contributed by atoms with Crippen molar-refractivity contribution in [3.63, 3.8) is 0 Å². The Morgan fingerprint density at radius 1 is 0.551 bits per heavy atom. The van der Waals surface area contributed by atoms with Crippen molar-refractivity contribution < 1.29 is 37.6 Å². The highest BCUT2D eigenvalue weighted by Gasteiger charge is 2.24. The summed E-state index contributed by atoms with van der Waals surface area (Å²) in [6.07, 6.45) is 39.4. The maximum atomic E-state index is 12.5. The van der Waals surface area contributed by atoms with Gasteiger partial charge in [-0.1, -0.05) is 141 Å². The minimum absolute atomic E-state index is 0.230. The molecule has 0 amide bonds. The van der Waals surface area contributed by atoms with E-state index < -0.39 is 26.5 Å². The van der Waals surface area contributed by atoms with Crippen LogP contribution in [0.3, 0.4) is 0 Å². The number of hydrogen-bond donors (Lipinski definition) is 1. The molecule has 0 aromatic carbocycles. The van der Waals surface area contributed by atoms with Gasteiger partial charge in [0.1, 0.15) is 6.61 Å². The van der Waals surface area contributed by atoms with Crippen LogP contribution in [0.4, 0.5) is 0 Å². The Hall–Kier alpha value is -1.47. The molecule has 2 unspecified atom stereocenters. The third kappa shape index (κ3) is 36.1. The smallest absolute Gasteiger partial charge is 0.462 e. The van der Waals surface area contributed by atoms with Gasteiger partial charge < -0.3 is 14.4 Å². The highest BCUT2D eigenvalue weighted by molar-refractivity contribution is 7.47. The Bertz CT molecular complexity index is 859. The highest BCUT2D eigenvalue weighted by atomic mass is 31.2. The number of allylic oxidation sites excluding steroid dienone is 4. The second-order valence-electron chi connectivity index (χ2n) is 13.4. The van der Waals surface area contributed by atoms with Gasteiger partial charge in [0, 0.05) is 20.0 Å². The number of unbranched alkanes of at least 4 members (excludes halogenated alkanes) is 22. The lowest BCUT2D eigenvalue weighted by molar-refractivity contribution is -0.161. The summed E-state index contributed by atoms with van der Waals surface area (Å²) >= 11 is 0. The molecule has 0 aromatic heterocycles. The molecule has 0 saturated carbocycles. The number of carbonyl (C=O) groups excluding carboxylic acids is 2. The second kappa shape index (κ2) is 36.3. The fourth-order valence-electron chi connectivity index (χ4n) is 5.53. The molecule has 0 fully saturated rings. The molecular weight excluding hydrogens is 639 g/mol. The third-order valence-electron chi connectivity index (χ3n) is 8.67. The van der Waals surface area contributed by atoms with E-state index in [0.29, 0.717) is 6.42 Å². The van der Waals surface area contributed by atoms with Gasteiger partial charge in [-0.05, 0) is 64.2 Å². The van der Waals surface area contributed by atoms with E-state index in [9.17, 15) is 19.0 Å². The Labute approximate surface area is 301 Å². The van der Waals surface area contributed by atoms with Crippen LogP contribution in [0.15, 0.2) is 24.3 Å². The summed E-state index contributed by atoms with van der Waals surface area (Å²) in [5.74, 6) is -0.820. The number of phosphoric acid groups is 1. The van der Waals surface area contributed by atoms with Crippen LogP contribution in [-0.4, -0.2) is 43.3 Å². The molecule has 288 valence electrons. The van der Waals surface area contributed by atoms with Crippen LogP contribution in [0, 0.1) is 0 Å². The lowest BCUT2D eigenvalue weighted by Gasteiger charge is -2.19. The summed E-state index contributed by atoms with van der Waals surface area (Å²) < 4.78 is 31.9. The van der Waals surface area contributed by atoms with E-state index in [2.05, 4.69) is 42.7 Å². The van der Waals surface area contributed by atoms with Gasteiger partial charge >= 0.3 is 19.8 Å². The van der Waals surface area contributed by atoms with E-state index in [4.69, 9.17) is 14.0 Å². The third-order valence-corrected chi connectivity index (χ3v) is 9.60. The normalized spacial score (nSPS) is 13.6. The molecule has 49 heavy (non-hydrogen) atoms. The molecule has 0 spiro atoms. The molecule has 0 bridgehead atoms. The van der Waals surface area contributed by atoms with Gasteiger partial charge in [-0.3, -0.25) is 18.6 Å². The van der Waals surface area contributed by atoms with Crippen molar-refractivity contribution in [2.75, 3.05) is 20.3 Å². The summed E-state index contributed by atoms with van der Waals surface area (Å²) in [5, 5.41) is 0. The SMILES string of the molecule is CCCCCCCC/C=C/CCCCCCCC(=O)OCC(COP(=O)(O)OC)OC(=O)CCCCCCC/C=C/CCCCCCCC. The van der Waals surface area contributed by atoms with E-state index >= 15 is 0 Å². The maximum Gasteiger partial charge on any atom is 0.472 e. The average Bonchev–Trinajstić information content (AvgIpc) is 3.09. The minimum Gasteiger partial charge on any atom is -0.462 e. The summed E-state index contributed by atoms with van der Waals surface area (Å²) in [4.78, 5) is 34.4. The molecule has 0 saturated heterocycles. The van der Waals surface area contributed by atoms with Crippen molar-refractivity contribution in [1.82, 2.24) is 0 Å². The molecular formula is C40H75O8P. The van der Waals surface area contributed by atoms with Crippen LogP contribution < -0.4 is 0 Å². The molecule has 9 heteroatoms. The molecule has 0 aliphatic carbocycles. The Kier molecular flexibility index (Phi) is 35.2. The largest absolute Gasteiger partial charge is 0.472 e. The zero-order valence-electron chi connectivity index (χ0n) is 31.9. The predicted octanol–water partition coefficient (Wildman–Crippen LogP) is 12.3. The number of ether oxygens (including phenoxy) is 2. The number of hydrogen-bond acceptors (Lipinski definition) is 7. The van der Waals surface area contributed by atoms with E-state index in [-0.39, 0.29) is 25.4 Å². The molecule has 0 heterocycles. The molecule has 0 rings (SSSR count). The minimum atomic E-state index is -4.26. The molecule has 8 nitrogen and oxygen atoms in total. The first kappa shape index (κ1) is 47.5. The van der Waals surface area contributed by atoms with Gasteiger partial charge in [-0.2, -0.15) is 0 Å². The number of carbonyl (C=O) groups is 2. The summed E-state index contributed by atoms with van der Waals surface area (Å²) in [7, 11) is -3.20. The zero-order valence-corrected chi connectivity index (χ0v) is 32.7. The lowest BCUT2D eigenvalue weighted by atomic mass is 10.1. The van der Waals surface area contributed by atoms with Crippen molar-refractivity contribution in [3.05, 3.63) is 24.3 Å². The number of esters is 2. The second-order valence-corrected chi connectivity index (χ2v) is 15.0. The van der Waals surface area contributed by atoms with Gasteiger partial charge in [0.2, 0.25) is 0 Å². The van der Waals surface area contributed by atoms with Crippen molar-refractivity contribution in [2.45, 2.75) is 200 Å². The Morgan fingerprint density at radius 2 is 0.918 bits per heavy atom. The molecule has 2 atom stereocenters. The van der Waals surface area contributed by atoms with Crippen LogP contribution in [0.1, 0.15) is 194 Å². The first-order chi connectivity index (χ1) is 23.8. The van der Waals surface area contributed by atoms with E-state index in [1.165, 1.54) is 89.9 Å². The maximum absolute atomic E-state index is 12.5. The van der Waals surface area contributed by atoms with Gasteiger partial charge in [0.25, 0.3) is 0 Å². The molecule has 0 aliphatic rings. The molecule has 1 N–H and O–H groups in total. The topological polar surface area (TPSA) is 108 Å². The Balaban J connectivity index is 4.05. The Morgan fingerprint density at radius 3 is 1.33 bits per heavy atom. The van der Waals surface area contributed by atoms with Crippen molar-refractivity contribution in [3.8, 4) is 0 Å². The van der Waals surface area contributed by atoms with Crippen molar-refractivity contribution in [1.29, 1.82) is 0 Å². The fraction of sp³-hybridized carbons (Fsp3) is 0.850.